The van der Waals surface area contributed by atoms with Gasteiger partial charge in [-0.15, -0.1) is 0 Å². The molecule has 2 heterocycles. The molecule has 2 aromatic heterocycles. The van der Waals surface area contributed by atoms with E-state index in [0.717, 1.165) is 18.3 Å². The van der Waals surface area contributed by atoms with Crippen LogP contribution in [0, 0.1) is 17.0 Å². The number of aromatic nitrogens is 2. The number of H-pyrrole nitrogens is 1. The second-order valence-electron chi connectivity index (χ2n) is 4.05. The maximum atomic E-state index is 11.8. The van der Waals surface area contributed by atoms with E-state index in [-0.39, 0.29) is 11.3 Å². The maximum Gasteiger partial charge on any atom is 0.433 e. The van der Waals surface area contributed by atoms with E-state index < -0.39 is 28.0 Å². The van der Waals surface area contributed by atoms with E-state index >= 15 is 0 Å². The van der Waals surface area contributed by atoms with Gasteiger partial charge in [0.05, 0.1) is 6.07 Å². The maximum absolute atomic E-state index is 11.8. The highest BCUT2D eigenvalue weighted by Gasteiger charge is 2.11. The van der Waals surface area contributed by atoms with Crippen molar-refractivity contribution in [1.29, 1.82) is 0 Å². The average Bonchev–Trinajstić information content (AvgIpc) is 2.89. The largest absolute Gasteiger partial charge is 0.433 e. The third-order valence-electron chi connectivity index (χ3n) is 2.54. The zero-order chi connectivity index (χ0) is 15.6. The topological polar surface area (TPSA) is 128 Å². The summed E-state index contributed by atoms with van der Waals surface area (Å²) in [5.74, 6) is -1.10. The van der Waals surface area contributed by atoms with Gasteiger partial charge in [0, 0.05) is 17.8 Å². The van der Waals surface area contributed by atoms with E-state index in [9.17, 15) is 24.5 Å². The number of aromatic amines is 1. The Morgan fingerprint density at radius 1 is 1.43 bits per heavy atom. The summed E-state index contributed by atoms with van der Waals surface area (Å²) in [5, 5.41) is 10.4. The summed E-state index contributed by atoms with van der Waals surface area (Å²) in [7, 11) is 0. The number of hydrogen-bond acceptors (Lipinski definition) is 6. The fraction of sp³-hybridized carbons (Fsp3) is 0.0833. The van der Waals surface area contributed by atoms with Gasteiger partial charge in [-0.05, 0) is 19.1 Å². The van der Waals surface area contributed by atoms with Gasteiger partial charge in [0.2, 0.25) is 0 Å². The van der Waals surface area contributed by atoms with Crippen LogP contribution in [-0.4, -0.2) is 20.4 Å². The lowest BCUT2D eigenvalue weighted by atomic mass is 10.3. The minimum Gasteiger partial charge on any atom is -0.401 e. The van der Waals surface area contributed by atoms with Crippen molar-refractivity contribution in [2.75, 3.05) is 0 Å². The summed E-state index contributed by atoms with van der Waals surface area (Å²) < 4.78 is 5.53. The van der Waals surface area contributed by atoms with Gasteiger partial charge in [-0.3, -0.25) is 24.7 Å². The van der Waals surface area contributed by atoms with Crippen LogP contribution >= 0.6 is 0 Å². The van der Waals surface area contributed by atoms with Crippen LogP contribution in [0.1, 0.15) is 16.1 Å². The molecule has 0 aliphatic carbocycles. The molecule has 0 radical (unpaired) electrons. The first kappa shape index (κ1) is 14.2. The second-order valence-corrected chi connectivity index (χ2v) is 4.05. The molecule has 0 aromatic carbocycles. The molecule has 21 heavy (non-hydrogen) atoms. The zero-order valence-electron chi connectivity index (χ0n) is 10.7. The lowest BCUT2D eigenvalue weighted by molar-refractivity contribution is -0.402. The number of aryl methyl sites for hydroxylation is 1. The summed E-state index contributed by atoms with van der Waals surface area (Å²) >= 11 is 0. The molecule has 0 bridgehead atoms. The number of carbonyl (C=O) groups is 1. The standard InChI is InChI=1S/C12H9N3O6/c1-7-6-14(12(18)13-11(7)17)9(16)4-2-8-3-5-10(21-8)15(19)20/h2-6H,1H3,(H,13,17,18). The molecule has 2 rings (SSSR count). The van der Waals surface area contributed by atoms with E-state index in [2.05, 4.69) is 0 Å². The summed E-state index contributed by atoms with van der Waals surface area (Å²) in [4.78, 5) is 46.2. The highest BCUT2D eigenvalue weighted by molar-refractivity contribution is 5.93. The summed E-state index contributed by atoms with van der Waals surface area (Å²) in [5.41, 5.74) is -1.25. The number of nitro groups is 1. The van der Waals surface area contributed by atoms with E-state index in [0.29, 0.717) is 4.57 Å². The molecule has 0 aliphatic rings. The monoisotopic (exact) mass is 291 g/mol. The van der Waals surface area contributed by atoms with Crippen LogP contribution in [0.3, 0.4) is 0 Å². The van der Waals surface area contributed by atoms with Crippen LogP contribution in [0.25, 0.3) is 6.08 Å². The number of rotatable bonds is 3. The Labute approximate surface area is 116 Å². The number of carbonyl (C=O) groups excluding carboxylic acids is 1. The molecule has 0 amide bonds. The predicted molar refractivity (Wildman–Crippen MR) is 71.1 cm³/mol. The van der Waals surface area contributed by atoms with Crippen molar-refractivity contribution in [3.8, 4) is 0 Å². The number of nitrogens with one attached hydrogen (secondary N) is 1. The second kappa shape index (κ2) is 5.41. The lowest BCUT2D eigenvalue weighted by Gasteiger charge is -2.00. The Kier molecular flexibility index (Phi) is 3.65. The van der Waals surface area contributed by atoms with Crippen molar-refractivity contribution in [3.63, 3.8) is 0 Å². The van der Waals surface area contributed by atoms with Crippen LogP contribution in [0.4, 0.5) is 5.88 Å². The van der Waals surface area contributed by atoms with E-state index in [1.54, 1.807) is 0 Å². The van der Waals surface area contributed by atoms with E-state index in [1.807, 2.05) is 4.98 Å². The normalized spacial score (nSPS) is 10.9. The van der Waals surface area contributed by atoms with Crippen LogP contribution in [-0.2, 0) is 0 Å². The molecule has 9 nitrogen and oxygen atoms in total. The van der Waals surface area contributed by atoms with Crippen molar-refractivity contribution in [3.05, 3.63) is 66.7 Å². The molecule has 108 valence electrons. The van der Waals surface area contributed by atoms with E-state index in [1.165, 1.54) is 19.1 Å². The number of hydrogen-bond donors (Lipinski definition) is 1. The van der Waals surface area contributed by atoms with Crippen molar-refractivity contribution >= 4 is 17.9 Å². The SMILES string of the molecule is Cc1cn(C(=O)C=Cc2ccc([N+](=O)[O-])o2)c(=O)[nH]c1=O. The van der Waals surface area contributed by atoms with Gasteiger partial charge in [0.25, 0.3) is 11.5 Å². The summed E-state index contributed by atoms with van der Waals surface area (Å²) in [6.45, 7) is 1.45. The number of nitrogens with zero attached hydrogens (tertiary/aromatic N) is 2. The van der Waals surface area contributed by atoms with Crippen molar-refractivity contribution < 1.29 is 14.1 Å². The summed E-state index contributed by atoms with van der Waals surface area (Å²) in [6, 6.07) is 2.45. The van der Waals surface area contributed by atoms with Gasteiger partial charge in [-0.25, -0.2) is 9.36 Å². The van der Waals surface area contributed by atoms with Gasteiger partial charge in [0.15, 0.2) is 0 Å². The minimum atomic E-state index is -0.870. The van der Waals surface area contributed by atoms with Crippen LogP contribution in [0.15, 0.2) is 38.4 Å². The van der Waals surface area contributed by atoms with Crippen molar-refractivity contribution in [1.82, 2.24) is 9.55 Å². The number of furan rings is 1. The van der Waals surface area contributed by atoms with E-state index in [4.69, 9.17) is 4.42 Å². The zero-order valence-corrected chi connectivity index (χ0v) is 10.7. The molecule has 0 saturated carbocycles. The summed E-state index contributed by atoms with van der Waals surface area (Å²) in [6.07, 6.45) is 3.29. The number of allylic oxidation sites excluding steroid dienone is 1. The minimum absolute atomic E-state index is 0.0873. The predicted octanol–water partition coefficient (Wildman–Crippen LogP) is 0.700. The first-order valence-electron chi connectivity index (χ1n) is 5.67. The molecule has 0 atom stereocenters. The highest BCUT2D eigenvalue weighted by atomic mass is 16.6. The smallest absolute Gasteiger partial charge is 0.401 e. The Hall–Kier alpha value is -3.23. The van der Waals surface area contributed by atoms with Crippen LogP contribution in [0.5, 0.6) is 0 Å². The van der Waals surface area contributed by atoms with Crippen LogP contribution in [0.2, 0.25) is 0 Å². The quantitative estimate of drug-likeness (QED) is 0.503. The molecule has 0 unspecified atom stereocenters. The molecule has 2 aromatic rings. The first-order valence-corrected chi connectivity index (χ1v) is 5.67. The Balaban J connectivity index is 2.27. The first-order chi connectivity index (χ1) is 9.88. The van der Waals surface area contributed by atoms with Gasteiger partial charge in [-0.2, -0.15) is 0 Å². The molecular weight excluding hydrogens is 282 g/mol. The van der Waals surface area contributed by atoms with Crippen molar-refractivity contribution in [2.45, 2.75) is 6.92 Å². The van der Waals surface area contributed by atoms with Gasteiger partial charge >= 0.3 is 11.6 Å². The molecule has 0 spiro atoms. The molecule has 0 saturated heterocycles. The fourth-order valence-electron chi connectivity index (χ4n) is 1.49. The Morgan fingerprint density at radius 2 is 2.14 bits per heavy atom. The Bertz CT molecular complexity index is 854. The molecule has 0 aliphatic heterocycles. The average molecular weight is 291 g/mol. The lowest BCUT2D eigenvalue weighted by Crippen LogP contribution is -2.33. The van der Waals surface area contributed by atoms with Gasteiger partial charge in [0.1, 0.15) is 10.7 Å². The van der Waals surface area contributed by atoms with Crippen LogP contribution < -0.4 is 11.2 Å². The third-order valence-corrected chi connectivity index (χ3v) is 2.54. The van der Waals surface area contributed by atoms with Gasteiger partial charge in [-0.1, -0.05) is 0 Å². The molecule has 9 heteroatoms. The fourth-order valence-corrected chi connectivity index (χ4v) is 1.49. The van der Waals surface area contributed by atoms with Gasteiger partial charge < -0.3 is 4.42 Å². The Morgan fingerprint density at radius 3 is 2.76 bits per heavy atom. The highest BCUT2D eigenvalue weighted by Crippen LogP contribution is 2.16. The molecule has 0 fully saturated rings. The third kappa shape index (κ3) is 3.03. The molecular formula is C12H9N3O6. The van der Waals surface area contributed by atoms with Crippen molar-refractivity contribution in [2.24, 2.45) is 0 Å². The molecule has 1 N–H and O–H groups in total.